The number of rotatable bonds is 5. The summed E-state index contributed by atoms with van der Waals surface area (Å²) in [6.45, 7) is 1.64. The fourth-order valence-corrected chi connectivity index (χ4v) is 2.44. The zero-order valence-corrected chi connectivity index (χ0v) is 11.0. The molecule has 2 aromatic rings. The van der Waals surface area contributed by atoms with Crippen LogP contribution in [0.15, 0.2) is 35.7 Å². The van der Waals surface area contributed by atoms with E-state index in [1.807, 2.05) is 30.3 Å². The molecule has 0 aliphatic heterocycles. The normalized spacial score (nSPS) is 13.7. The third-order valence-electron chi connectivity index (χ3n) is 2.33. The summed E-state index contributed by atoms with van der Waals surface area (Å²) in [5.41, 5.74) is 0.806. The molecule has 0 bridgehead atoms. The highest BCUT2D eigenvalue weighted by Gasteiger charge is 2.16. The highest BCUT2D eigenvalue weighted by Crippen LogP contribution is 2.08. The van der Waals surface area contributed by atoms with Gasteiger partial charge in [0.25, 0.3) is 0 Å². The van der Waals surface area contributed by atoms with Crippen molar-refractivity contribution in [1.82, 2.24) is 25.3 Å². The second kappa shape index (κ2) is 5.72. The van der Waals surface area contributed by atoms with Crippen molar-refractivity contribution >= 4 is 16.1 Å². The molecule has 1 unspecified atom stereocenters. The Bertz CT molecular complexity index is 637. The third-order valence-corrected chi connectivity index (χ3v) is 3.51. The maximum absolute atomic E-state index is 11.8. The largest absolute Gasteiger partial charge is 0.234 e. The van der Waals surface area contributed by atoms with E-state index in [-0.39, 0.29) is 5.82 Å². The number of aromatic nitrogens is 4. The topological polar surface area (TPSA) is 101 Å². The number of hydrogen-bond acceptors (Lipinski definition) is 5. The predicted octanol–water partition coefficient (Wildman–Crippen LogP) is 0.851. The summed E-state index contributed by atoms with van der Waals surface area (Å²) >= 11 is 0. The molecule has 1 heterocycles. The Balaban J connectivity index is 2.05. The van der Waals surface area contributed by atoms with Crippen molar-refractivity contribution in [3.8, 4) is 0 Å². The van der Waals surface area contributed by atoms with Crippen molar-refractivity contribution in [3.05, 3.63) is 47.1 Å². The van der Waals surface area contributed by atoms with Gasteiger partial charge in [-0.3, -0.25) is 0 Å². The second-order valence-electron chi connectivity index (χ2n) is 3.87. The van der Waals surface area contributed by atoms with Gasteiger partial charge in [-0.05, 0) is 18.6 Å². The Morgan fingerprint density at radius 2 is 2.05 bits per heavy atom. The Kier molecular flexibility index (Phi) is 4.03. The standard InChI is InChI=1S/C11H13N5O2S/c1-9(11-12-15-16-13-11)14-19(17,18)8-7-10-5-3-2-4-6-10/h2-9,14H,1H3,(H,12,13,15,16). The minimum atomic E-state index is -3.56. The fourth-order valence-electron chi connectivity index (χ4n) is 1.42. The van der Waals surface area contributed by atoms with Crippen molar-refractivity contribution in [2.45, 2.75) is 13.0 Å². The third kappa shape index (κ3) is 3.97. The predicted molar refractivity (Wildman–Crippen MR) is 70.1 cm³/mol. The molecule has 1 aromatic carbocycles. The van der Waals surface area contributed by atoms with Crippen molar-refractivity contribution in [2.24, 2.45) is 0 Å². The van der Waals surface area contributed by atoms with Gasteiger partial charge in [-0.15, -0.1) is 10.2 Å². The summed E-state index contributed by atoms with van der Waals surface area (Å²) in [7, 11) is -3.56. The van der Waals surface area contributed by atoms with Gasteiger partial charge in [0, 0.05) is 5.41 Å². The summed E-state index contributed by atoms with van der Waals surface area (Å²) in [6, 6.07) is 8.61. The number of sulfonamides is 1. The molecule has 100 valence electrons. The number of tetrazole rings is 1. The smallest absolute Gasteiger partial charge is 0.208 e. The van der Waals surface area contributed by atoms with Gasteiger partial charge in [0.1, 0.15) is 0 Å². The van der Waals surface area contributed by atoms with Gasteiger partial charge in [0.2, 0.25) is 10.0 Å². The molecule has 0 spiro atoms. The summed E-state index contributed by atoms with van der Waals surface area (Å²) in [4.78, 5) is 0. The summed E-state index contributed by atoms with van der Waals surface area (Å²) in [5.74, 6) is 0.289. The number of H-pyrrole nitrogens is 1. The highest BCUT2D eigenvalue weighted by atomic mass is 32.2. The van der Waals surface area contributed by atoms with Crippen LogP contribution in [0.4, 0.5) is 0 Å². The molecule has 0 saturated carbocycles. The van der Waals surface area contributed by atoms with Gasteiger partial charge in [-0.25, -0.2) is 13.1 Å². The first-order valence-corrected chi connectivity index (χ1v) is 7.10. The molecule has 0 amide bonds. The Morgan fingerprint density at radius 1 is 1.32 bits per heavy atom. The first-order chi connectivity index (χ1) is 9.07. The molecule has 0 saturated heterocycles. The van der Waals surface area contributed by atoms with Crippen LogP contribution in [0.3, 0.4) is 0 Å². The summed E-state index contributed by atoms with van der Waals surface area (Å²) in [5, 5.41) is 14.2. The van der Waals surface area contributed by atoms with Crippen LogP contribution in [0, 0.1) is 0 Å². The van der Waals surface area contributed by atoms with Crippen LogP contribution < -0.4 is 4.72 Å². The molecule has 19 heavy (non-hydrogen) atoms. The van der Waals surface area contributed by atoms with Gasteiger partial charge < -0.3 is 0 Å². The van der Waals surface area contributed by atoms with E-state index in [0.29, 0.717) is 0 Å². The van der Waals surface area contributed by atoms with Crippen LogP contribution in [-0.2, 0) is 10.0 Å². The number of benzene rings is 1. The van der Waals surface area contributed by atoms with Crippen molar-refractivity contribution in [3.63, 3.8) is 0 Å². The van der Waals surface area contributed by atoms with Crippen LogP contribution >= 0.6 is 0 Å². The highest BCUT2D eigenvalue weighted by molar-refractivity contribution is 7.92. The zero-order chi connectivity index (χ0) is 13.7. The lowest BCUT2D eigenvalue weighted by atomic mass is 10.2. The van der Waals surface area contributed by atoms with Crippen LogP contribution in [-0.4, -0.2) is 29.0 Å². The molecule has 0 radical (unpaired) electrons. The van der Waals surface area contributed by atoms with E-state index in [9.17, 15) is 8.42 Å². The van der Waals surface area contributed by atoms with Gasteiger partial charge in [0.15, 0.2) is 5.82 Å². The van der Waals surface area contributed by atoms with Gasteiger partial charge in [-0.1, -0.05) is 35.5 Å². The van der Waals surface area contributed by atoms with Gasteiger partial charge in [0.05, 0.1) is 6.04 Å². The van der Waals surface area contributed by atoms with Crippen LogP contribution in [0.5, 0.6) is 0 Å². The molecule has 8 heteroatoms. The average molecular weight is 279 g/mol. The Morgan fingerprint density at radius 3 is 2.68 bits per heavy atom. The van der Waals surface area contributed by atoms with Crippen molar-refractivity contribution in [2.75, 3.05) is 0 Å². The Hall–Kier alpha value is -2.06. The van der Waals surface area contributed by atoms with Crippen LogP contribution in [0.1, 0.15) is 24.4 Å². The number of hydrogen-bond donors (Lipinski definition) is 2. The quantitative estimate of drug-likeness (QED) is 0.845. The first-order valence-electron chi connectivity index (χ1n) is 5.55. The molecule has 2 N–H and O–H groups in total. The first kappa shape index (κ1) is 13.4. The minimum Gasteiger partial charge on any atom is -0.208 e. The van der Waals surface area contributed by atoms with Crippen molar-refractivity contribution < 1.29 is 8.42 Å². The maximum Gasteiger partial charge on any atom is 0.234 e. The lowest BCUT2D eigenvalue weighted by Crippen LogP contribution is -2.25. The average Bonchev–Trinajstić information content (AvgIpc) is 2.91. The number of aromatic amines is 1. The number of nitrogens with one attached hydrogen (secondary N) is 2. The molecule has 1 aromatic heterocycles. The molecular formula is C11H13N5O2S. The lowest BCUT2D eigenvalue weighted by Gasteiger charge is -2.07. The maximum atomic E-state index is 11.8. The Labute approximate surface area is 110 Å². The second-order valence-corrected chi connectivity index (χ2v) is 5.47. The lowest BCUT2D eigenvalue weighted by molar-refractivity contribution is 0.569. The SMILES string of the molecule is CC(NS(=O)(=O)C=Cc1ccccc1)c1nn[nH]n1. The molecule has 0 aliphatic rings. The number of nitrogens with zero attached hydrogens (tertiary/aromatic N) is 3. The fraction of sp³-hybridized carbons (Fsp3) is 0.182. The van der Waals surface area contributed by atoms with E-state index in [2.05, 4.69) is 25.3 Å². The van der Waals surface area contributed by atoms with Crippen molar-refractivity contribution in [1.29, 1.82) is 0 Å². The molecular weight excluding hydrogens is 266 g/mol. The van der Waals surface area contributed by atoms with Gasteiger partial charge in [-0.2, -0.15) is 5.21 Å². The summed E-state index contributed by atoms with van der Waals surface area (Å²) < 4.78 is 26.1. The van der Waals surface area contributed by atoms with E-state index in [4.69, 9.17) is 0 Å². The zero-order valence-electron chi connectivity index (χ0n) is 10.2. The molecule has 2 rings (SSSR count). The molecule has 0 aliphatic carbocycles. The monoisotopic (exact) mass is 279 g/mol. The van der Waals surface area contributed by atoms with E-state index in [0.717, 1.165) is 11.0 Å². The van der Waals surface area contributed by atoms with E-state index < -0.39 is 16.1 Å². The van der Waals surface area contributed by atoms with E-state index in [1.165, 1.54) is 6.08 Å². The van der Waals surface area contributed by atoms with Crippen LogP contribution in [0.2, 0.25) is 0 Å². The van der Waals surface area contributed by atoms with Gasteiger partial charge >= 0.3 is 0 Å². The van der Waals surface area contributed by atoms with E-state index in [1.54, 1.807) is 6.92 Å². The van der Waals surface area contributed by atoms with E-state index >= 15 is 0 Å². The minimum absolute atomic E-state index is 0.289. The molecule has 7 nitrogen and oxygen atoms in total. The summed E-state index contributed by atoms with van der Waals surface area (Å²) in [6.07, 6.45) is 1.52. The molecule has 1 atom stereocenters. The molecule has 0 fully saturated rings. The van der Waals surface area contributed by atoms with Crippen LogP contribution in [0.25, 0.3) is 6.08 Å².